The van der Waals surface area contributed by atoms with Crippen molar-refractivity contribution in [2.45, 2.75) is 64.4 Å². The lowest BCUT2D eigenvalue weighted by Gasteiger charge is -2.31. The molecule has 0 atom stereocenters. The van der Waals surface area contributed by atoms with Crippen molar-refractivity contribution in [3.05, 3.63) is 46.0 Å². The van der Waals surface area contributed by atoms with Gasteiger partial charge >= 0.3 is 6.09 Å². The molecule has 2 aromatic heterocycles. The number of aromatic nitrogens is 3. The number of pyridine rings is 1. The minimum absolute atomic E-state index is 0.0466. The van der Waals surface area contributed by atoms with Crippen LogP contribution in [-0.4, -0.2) is 37.9 Å². The van der Waals surface area contributed by atoms with Crippen molar-refractivity contribution in [2.24, 2.45) is 0 Å². The zero-order valence-electron chi connectivity index (χ0n) is 16.5. The van der Waals surface area contributed by atoms with Crippen LogP contribution in [0.15, 0.2) is 29.0 Å². The van der Waals surface area contributed by atoms with Crippen LogP contribution >= 0.6 is 15.9 Å². The molecule has 0 bridgehead atoms. The summed E-state index contributed by atoms with van der Waals surface area (Å²) in [7, 11) is 0. The molecule has 3 heterocycles. The number of halogens is 1. The second kappa shape index (κ2) is 7.15. The highest BCUT2D eigenvalue weighted by molar-refractivity contribution is 9.10. The molecule has 1 N–H and O–H groups in total. The minimum atomic E-state index is -0.491. The Bertz CT molecular complexity index is 868. The zero-order chi connectivity index (χ0) is 19.9. The lowest BCUT2D eigenvalue weighted by Crippen LogP contribution is -2.42. The molecule has 7 nitrogen and oxygen atoms in total. The molecule has 1 aliphatic carbocycles. The number of nitrogens with one attached hydrogen (secondary N) is 1. The van der Waals surface area contributed by atoms with E-state index in [1.807, 2.05) is 43.9 Å². The number of ether oxygens (including phenoxy) is 1. The van der Waals surface area contributed by atoms with Gasteiger partial charge in [-0.2, -0.15) is 5.10 Å². The molecule has 0 aromatic carbocycles. The van der Waals surface area contributed by atoms with E-state index in [0.717, 1.165) is 34.3 Å². The van der Waals surface area contributed by atoms with E-state index in [0.29, 0.717) is 26.2 Å². The van der Waals surface area contributed by atoms with E-state index in [4.69, 9.17) is 4.74 Å². The predicted octanol–water partition coefficient (Wildman–Crippen LogP) is 3.57. The molecule has 0 spiro atoms. The summed E-state index contributed by atoms with van der Waals surface area (Å²) in [4.78, 5) is 18.8. The van der Waals surface area contributed by atoms with Crippen LogP contribution < -0.4 is 5.32 Å². The molecule has 1 aliphatic heterocycles. The molecule has 2 aliphatic rings. The SMILES string of the molecule is CC(C)(C)OC(=O)N1CCn2ncc(CNC3(c4ccc(Br)cn4)CC3)c2C1. The van der Waals surface area contributed by atoms with Crippen LogP contribution in [0.1, 0.15) is 50.6 Å². The summed E-state index contributed by atoms with van der Waals surface area (Å²) in [5.74, 6) is 0. The third-order valence-electron chi connectivity index (χ3n) is 5.19. The first-order valence-corrected chi connectivity index (χ1v) is 10.4. The van der Waals surface area contributed by atoms with Gasteiger partial charge in [-0.3, -0.25) is 9.67 Å². The maximum Gasteiger partial charge on any atom is 0.410 e. The molecule has 0 unspecified atom stereocenters. The van der Waals surface area contributed by atoms with Gasteiger partial charge in [0.15, 0.2) is 0 Å². The molecule has 1 amide bonds. The molecule has 8 heteroatoms. The van der Waals surface area contributed by atoms with Crippen molar-refractivity contribution < 1.29 is 9.53 Å². The van der Waals surface area contributed by atoms with Crippen molar-refractivity contribution in [1.82, 2.24) is 25.0 Å². The largest absolute Gasteiger partial charge is 0.444 e. The summed E-state index contributed by atoms with van der Waals surface area (Å²) in [6.45, 7) is 8.20. The van der Waals surface area contributed by atoms with Crippen molar-refractivity contribution in [2.75, 3.05) is 6.54 Å². The highest BCUT2D eigenvalue weighted by atomic mass is 79.9. The number of rotatable bonds is 4. The Morgan fingerprint density at radius 1 is 1.29 bits per heavy atom. The number of hydrogen-bond acceptors (Lipinski definition) is 5. The highest BCUT2D eigenvalue weighted by Crippen LogP contribution is 2.45. The number of fused-ring (bicyclic) bond motifs is 1. The number of nitrogens with zero attached hydrogens (tertiary/aromatic N) is 4. The third kappa shape index (κ3) is 4.07. The average molecular weight is 448 g/mol. The third-order valence-corrected chi connectivity index (χ3v) is 5.66. The Morgan fingerprint density at radius 2 is 2.07 bits per heavy atom. The first kappa shape index (κ1) is 19.4. The molecule has 1 saturated carbocycles. The minimum Gasteiger partial charge on any atom is -0.444 e. The van der Waals surface area contributed by atoms with Crippen molar-refractivity contribution in [3.63, 3.8) is 0 Å². The van der Waals surface area contributed by atoms with E-state index >= 15 is 0 Å². The quantitative estimate of drug-likeness (QED) is 0.775. The van der Waals surface area contributed by atoms with Crippen LogP contribution in [-0.2, 0) is 29.9 Å². The van der Waals surface area contributed by atoms with E-state index in [1.165, 1.54) is 0 Å². The molecule has 1 fully saturated rings. The van der Waals surface area contributed by atoms with Crippen LogP contribution in [0.2, 0.25) is 0 Å². The second-order valence-corrected chi connectivity index (χ2v) is 9.45. The van der Waals surface area contributed by atoms with Crippen LogP contribution in [0.25, 0.3) is 0 Å². The summed E-state index contributed by atoms with van der Waals surface area (Å²) in [6, 6.07) is 4.10. The number of hydrogen-bond donors (Lipinski definition) is 1. The lowest BCUT2D eigenvalue weighted by molar-refractivity contribution is 0.0193. The lowest BCUT2D eigenvalue weighted by atomic mass is 10.1. The monoisotopic (exact) mass is 447 g/mol. The molecule has 150 valence electrons. The summed E-state index contributed by atoms with van der Waals surface area (Å²) < 4.78 is 8.51. The second-order valence-electron chi connectivity index (χ2n) is 8.54. The van der Waals surface area contributed by atoms with Gasteiger partial charge in [-0.1, -0.05) is 0 Å². The highest BCUT2D eigenvalue weighted by Gasteiger charge is 2.45. The van der Waals surface area contributed by atoms with Crippen molar-refractivity contribution in [3.8, 4) is 0 Å². The van der Waals surface area contributed by atoms with Crippen molar-refractivity contribution in [1.29, 1.82) is 0 Å². The Hall–Kier alpha value is -1.93. The Morgan fingerprint density at radius 3 is 2.71 bits per heavy atom. The average Bonchev–Trinajstić information content (AvgIpc) is 3.32. The van der Waals surface area contributed by atoms with E-state index in [1.54, 1.807) is 4.90 Å². The van der Waals surface area contributed by atoms with Gasteiger partial charge < -0.3 is 15.0 Å². The van der Waals surface area contributed by atoms with Crippen LogP contribution in [0.3, 0.4) is 0 Å². The van der Waals surface area contributed by atoms with Gasteiger partial charge in [0, 0.05) is 29.3 Å². The van der Waals surface area contributed by atoms with Gasteiger partial charge in [-0.15, -0.1) is 0 Å². The van der Waals surface area contributed by atoms with E-state index in [2.05, 4.69) is 37.4 Å². The number of amides is 1. The molecule has 4 rings (SSSR count). The smallest absolute Gasteiger partial charge is 0.410 e. The standard InChI is InChI=1S/C20H26BrN5O2/c1-19(2,3)28-18(27)25-8-9-26-16(13-25)14(11-24-26)10-23-20(6-7-20)17-5-4-15(21)12-22-17/h4-5,11-12,23H,6-10,13H2,1-3H3. The van der Waals surface area contributed by atoms with Gasteiger partial charge in [-0.25, -0.2) is 4.79 Å². The zero-order valence-corrected chi connectivity index (χ0v) is 18.1. The normalized spacial score (nSPS) is 17.9. The number of carbonyl (C=O) groups excluding carboxylic acids is 1. The molecule has 0 saturated heterocycles. The summed E-state index contributed by atoms with van der Waals surface area (Å²) in [6.07, 6.45) is 5.64. The fourth-order valence-electron chi connectivity index (χ4n) is 3.50. The predicted molar refractivity (Wildman–Crippen MR) is 109 cm³/mol. The summed E-state index contributed by atoms with van der Waals surface area (Å²) in [5.41, 5.74) is 2.73. The Labute approximate surface area is 173 Å². The maximum absolute atomic E-state index is 12.4. The van der Waals surface area contributed by atoms with Crippen LogP contribution in [0.5, 0.6) is 0 Å². The van der Waals surface area contributed by atoms with Crippen LogP contribution in [0, 0.1) is 0 Å². The molecule has 0 radical (unpaired) electrons. The number of carbonyl (C=O) groups is 1. The fourth-order valence-corrected chi connectivity index (χ4v) is 3.74. The summed E-state index contributed by atoms with van der Waals surface area (Å²) >= 11 is 3.44. The molecule has 28 heavy (non-hydrogen) atoms. The Kier molecular flexibility index (Phi) is 4.95. The van der Waals surface area contributed by atoms with Crippen molar-refractivity contribution >= 4 is 22.0 Å². The van der Waals surface area contributed by atoms with E-state index < -0.39 is 5.60 Å². The summed E-state index contributed by atoms with van der Waals surface area (Å²) in [5, 5.41) is 8.18. The first-order chi connectivity index (χ1) is 13.3. The Balaban J connectivity index is 1.43. The first-order valence-electron chi connectivity index (χ1n) is 9.64. The topological polar surface area (TPSA) is 72.3 Å². The van der Waals surface area contributed by atoms with Gasteiger partial charge in [0.1, 0.15) is 5.60 Å². The van der Waals surface area contributed by atoms with Crippen LogP contribution in [0.4, 0.5) is 4.79 Å². The molecular weight excluding hydrogens is 422 g/mol. The van der Waals surface area contributed by atoms with E-state index in [9.17, 15) is 4.79 Å². The van der Waals surface area contributed by atoms with Gasteiger partial charge in [0.05, 0.1) is 36.2 Å². The molecular formula is C20H26BrN5O2. The van der Waals surface area contributed by atoms with Gasteiger partial charge in [-0.05, 0) is 61.7 Å². The molecule has 2 aromatic rings. The van der Waals surface area contributed by atoms with E-state index in [-0.39, 0.29) is 11.6 Å². The van der Waals surface area contributed by atoms with Gasteiger partial charge in [0.2, 0.25) is 0 Å². The maximum atomic E-state index is 12.4. The van der Waals surface area contributed by atoms with Gasteiger partial charge in [0.25, 0.3) is 0 Å². The fraction of sp³-hybridized carbons (Fsp3) is 0.550.